The first kappa shape index (κ1) is 18.8. The number of carbonyl (C=O) groups is 2. The Balaban J connectivity index is 2.02. The SMILES string of the molecule is C/C=C/c1cc(C(=O)NCCC(=O)N2CCCC2)cc(OC)c1OC. The van der Waals surface area contributed by atoms with Gasteiger partial charge in [-0.3, -0.25) is 9.59 Å². The zero-order valence-corrected chi connectivity index (χ0v) is 15.1. The van der Waals surface area contributed by atoms with E-state index in [9.17, 15) is 9.59 Å². The minimum atomic E-state index is -0.235. The molecule has 0 bridgehead atoms. The van der Waals surface area contributed by atoms with Gasteiger partial charge in [-0.05, 0) is 31.9 Å². The van der Waals surface area contributed by atoms with Gasteiger partial charge in [-0.15, -0.1) is 0 Å². The molecule has 2 amide bonds. The number of nitrogens with zero attached hydrogens (tertiary/aromatic N) is 1. The lowest BCUT2D eigenvalue weighted by atomic mass is 10.1. The first-order valence-electron chi connectivity index (χ1n) is 8.55. The number of hydrogen-bond donors (Lipinski definition) is 1. The van der Waals surface area contributed by atoms with Gasteiger partial charge in [0.2, 0.25) is 5.91 Å². The summed E-state index contributed by atoms with van der Waals surface area (Å²) in [6.45, 7) is 3.87. The standard InChI is InChI=1S/C19H26N2O4/c1-4-7-14-12-15(13-16(24-2)18(14)25-3)19(23)20-9-8-17(22)21-10-5-6-11-21/h4,7,12-13H,5-6,8-11H2,1-3H3,(H,20,23)/b7-4+. The number of hydrogen-bond acceptors (Lipinski definition) is 4. The molecule has 1 saturated heterocycles. The van der Waals surface area contributed by atoms with Crippen LogP contribution < -0.4 is 14.8 Å². The highest BCUT2D eigenvalue weighted by Gasteiger charge is 2.18. The molecule has 0 radical (unpaired) electrons. The van der Waals surface area contributed by atoms with Crippen LogP contribution in [0.1, 0.15) is 42.1 Å². The quantitative estimate of drug-likeness (QED) is 0.824. The summed E-state index contributed by atoms with van der Waals surface area (Å²) in [5, 5.41) is 2.80. The highest BCUT2D eigenvalue weighted by molar-refractivity contribution is 5.96. The van der Waals surface area contributed by atoms with E-state index in [0.717, 1.165) is 31.5 Å². The van der Waals surface area contributed by atoms with Crippen LogP contribution in [0.5, 0.6) is 11.5 Å². The fraction of sp³-hybridized carbons (Fsp3) is 0.474. The van der Waals surface area contributed by atoms with Crippen molar-refractivity contribution in [2.75, 3.05) is 33.9 Å². The molecule has 1 aliphatic rings. The second-order valence-electron chi connectivity index (χ2n) is 5.89. The molecule has 1 aromatic carbocycles. The molecule has 1 aliphatic heterocycles. The molecule has 6 heteroatoms. The Morgan fingerprint density at radius 3 is 2.52 bits per heavy atom. The fourth-order valence-corrected chi connectivity index (χ4v) is 2.94. The van der Waals surface area contributed by atoms with Crippen LogP contribution in [-0.4, -0.2) is 50.6 Å². The van der Waals surface area contributed by atoms with E-state index in [1.165, 1.54) is 7.11 Å². The lowest BCUT2D eigenvalue weighted by Gasteiger charge is -2.16. The molecule has 1 aromatic rings. The van der Waals surface area contributed by atoms with Crippen LogP contribution in [0, 0.1) is 0 Å². The van der Waals surface area contributed by atoms with Gasteiger partial charge in [0.25, 0.3) is 5.91 Å². The topological polar surface area (TPSA) is 67.9 Å². The van der Waals surface area contributed by atoms with Crippen LogP contribution in [0.25, 0.3) is 6.08 Å². The van der Waals surface area contributed by atoms with Gasteiger partial charge < -0.3 is 19.7 Å². The summed E-state index contributed by atoms with van der Waals surface area (Å²) in [7, 11) is 3.10. The molecule has 2 rings (SSSR count). The summed E-state index contributed by atoms with van der Waals surface area (Å²) >= 11 is 0. The van der Waals surface area contributed by atoms with Crippen molar-refractivity contribution >= 4 is 17.9 Å². The number of nitrogens with one attached hydrogen (secondary N) is 1. The van der Waals surface area contributed by atoms with Gasteiger partial charge in [-0.1, -0.05) is 12.2 Å². The Kier molecular flexibility index (Phi) is 6.86. The lowest BCUT2D eigenvalue weighted by molar-refractivity contribution is -0.129. The van der Waals surface area contributed by atoms with E-state index in [0.29, 0.717) is 30.0 Å². The summed E-state index contributed by atoms with van der Waals surface area (Å²) in [6, 6.07) is 3.39. The normalized spacial score (nSPS) is 14.0. The second-order valence-corrected chi connectivity index (χ2v) is 5.89. The van der Waals surface area contributed by atoms with Crippen molar-refractivity contribution < 1.29 is 19.1 Å². The zero-order valence-electron chi connectivity index (χ0n) is 15.1. The molecular weight excluding hydrogens is 320 g/mol. The van der Waals surface area contributed by atoms with Crippen molar-refractivity contribution in [1.29, 1.82) is 0 Å². The predicted molar refractivity (Wildman–Crippen MR) is 97.0 cm³/mol. The monoisotopic (exact) mass is 346 g/mol. The molecule has 0 atom stereocenters. The van der Waals surface area contributed by atoms with Crippen LogP contribution in [0.15, 0.2) is 18.2 Å². The lowest BCUT2D eigenvalue weighted by Crippen LogP contribution is -2.32. The second kappa shape index (κ2) is 9.11. The molecule has 0 saturated carbocycles. The number of likely N-dealkylation sites (tertiary alicyclic amines) is 1. The summed E-state index contributed by atoms with van der Waals surface area (Å²) in [6.07, 6.45) is 6.18. The number of amides is 2. The molecule has 1 fully saturated rings. The molecule has 1 N–H and O–H groups in total. The highest BCUT2D eigenvalue weighted by atomic mass is 16.5. The molecule has 0 aromatic heterocycles. The maximum absolute atomic E-state index is 12.4. The predicted octanol–water partition coefficient (Wildman–Crippen LogP) is 2.48. The minimum absolute atomic E-state index is 0.0970. The van der Waals surface area contributed by atoms with E-state index >= 15 is 0 Å². The van der Waals surface area contributed by atoms with Crippen LogP contribution in [0.4, 0.5) is 0 Å². The van der Waals surface area contributed by atoms with Crippen molar-refractivity contribution in [2.45, 2.75) is 26.2 Å². The highest BCUT2D eigenvalue weighted by Crippen LogP contribution is 2.33. The van der Waals surface area contributed by atoms with E-state index in [1.54, 1.807) is 19.2 Å². The Bertz CT molecular complexity index is 649. The van der Waals surface area contributed by atoms with Gasteiger partial charge in [-0.2, -0.15) is 0 Å². The third-order valence-electron chi connectivity index (χ3n) is 4.20. The smallest absolute Gasteiger partial charge is 0.251 e. The summed E-state index contributed by atoms with van der Waals surface area (Å²) in [5.41, 5.74) is 1.24. The number of benzene rings is 1. The molecule has 6 nitrogen and oxygen atoms in total. The van der Waals surface area contributed by atoms with E-state index in [2.05, 4.69) is 5.32 Å². The Morgan fingerprint density at radius 1 is 1.20 bits per heavy atom. The number of ether oxygens (including phenoxy) is 2. The van der Waals surface area contributed by atoms with Crippen LogP contribution >= 0.6 is 0 Å². The Morgan fingerprint density at radius 2 is 1.92 bits per heavy atom. The summed E-state index contributed by atoms with van der Waals surface area (Å²) < 4.78 is 10.7. The first-order chi connectivity index (χ1) is 12.1. The van der Waals surface area contributed by atoms with Gasteiger partial charge in [0.1, 0.15) is 0 Å². The van der Waals surface area contributed by atoms with E-state index in [1.807, 2.05) is 24.0 Å². The average molecular weight is 346 g/mol. The third kappa shape index (κ3) is 4.75. The molecule has 0 spiro atoms. The van der Waals surface area contributed by atoms with Crippen molar-refractivity contribution in [2.24, 2.45) is 0 Å². The molecule has 136 valence electrons. The van der Waals surface area contributed by atoms with Gasteiger partial charge in [0.15, 0.2) is 11.5 Å². The minimum Gasteiger partial charge on any atom is -0.493 e. The maximum Gasteiger partial charge on any atom is 0.251 e. The van der Waals surface area contributed by atoms with E-state index < -0.39 is 0 Å². The van der Waals surface area contributed by atoms with Crippen molar-refractivity contribution in [3.05, 3.63) is 29.3 Å². The van der Waals surface area contributed by atoms with Crippen molar-refractivity contribution in [1.82, 2.24) is 10.2 Å². The fourth-order valence-electron chi connectivity index (χ4n) is 2.94. The van der Waals surface area contributed by atoms with E-state index in [-0.39, 0.29) is 11.8 Å². The van der Waals surface area contributed by atoms with E-state index in [4.69, 9.17) is 9.47 Å². The van der Waals surface area contributed by atoms with Crippen LogP contribution in [-0.2, 0) is 4.79 Å². The van der Waals surface area contributed by atoms with Crippen LogP contribution in [0.3, 0.4) is 0 Å². The Hall–Kier alpha value is -2.50. The van der Waals surface area contributed by atoms with Crippen LogP contribution in [0.2, 0.25) is 0 Å². The summed E-state index contributed by atoms with van der Waals surface area (Å²) in [4.78, 5) is 26.3. The molecule has 0 aliphatic carbocycles. The molecule has 25 heavy (non-hydrogen) atoms. The largest absolute Gasteiger partial charge is 0.493 e. The molecule has 1 heterocycles. The van der Waals surface area contributed by atoms with Gasteiger partial charge >= 0.3 is 0 Å². The molecule has 0 unspecified atom stereocenters. The summed E-state index contributed by atoms with van der Waals surface area (Å²) in [5.74, 6) is 0.943. The third-order valence-corrected chi connectivity index (χ3v) is 4.20. The maximum atomic E-state index is 12.4. The van der Waals surface area contributed by atoms with Gasteiger partial charge in [0.05, 0.1) is 14.2 Å². The Labute approximate surface area is 148 Å². The van der Waals surface area contributed by atoms with Gasteiger partial charge in [0, 0.05) is 37.2 Å². The zero-order chi connectivity index (χ0) is 18.2. The molecular formula is C19H26N2O4. The number of methoxy groups -OCH3 is 2. The average Bonchev–Trinajstić information content (AvgIpc) is 3.15. The number of allylic oxidation sites excluding steroid dienone is 1. The number of rotatable bonds is 7. The van der Waals surface area contributed by atoms with Gasteiger partial charge in [-0.25, -0.2) is 0 Å². The van der Waals surface area contributed by atoms with Crippen molar-refractivity contribution in [3.63, 3.8) is 0 Å². The first-order valence-corrected chi connectivity index (χ1v) is 8.55. The van der Waals surface area contributed by atoms with Crippen molar-refractivity contribution in [3.8, 4) is 11.5 Å². The number of carbonyl (C=O) groups excluding carboxylic acids is 2.